The van der Waals surface area contributed by atoms with E-state index >= 15 is 0 Å². The lowest BCUT2D eigenvalue weighted by Gasteiger charge is -2.38. The molecule has 0 aromatic heterocycles. The van der Waals surface area contributed by atoms with E-state index in [2.05, 4.69) is 6.92 Å². The highest BCUT2D eigenvalue weighted by atomic mass is 19.2. The molecule has 0 atom stereocenters. The normalized spacial score (nSPS) is 26.7. The fourth-order valence-corrected chi connectivity index (χ4v) is 6.02. The zero-order chi connectivity index (χ0) is 23.5. The summed E-state index contributed by atoms with van der Waals surface area (Å²) in [5.41, 5.74) is 0.552. The highest BCUT2D eigenvalue weighted by Gasteiger charge is 2.31. The molecule has 2 aliphatic carbocycles. The third-order valence-electron chi connectivity index (χ3n) is 7.97. The first-order chi connectivity index (χ1) is 15.9. The summed E-state index contributed by atoms with van der Waals surface area (Å²) >= 11 is 0. The zero-order valence-electron chi connectivity index (χ0n) is 19.9. The van der Waals surface area contributed by atoms with Crippen LogP contribution in [0.1, 0.15) is 90.4 Å². The molecule has 0 saturated heterocycles. The van der Waals surface area contributed by atoms with Gasteiger partial charge in [0.2, 0.25) is 0 Å². The first kappa shape index (κ1) is 22.0. The van der Waals surface area contributed by atoms with Crippen molar-refractivity contribution >= 4 is 0 Å². The third kappa shape index (κ3) is 5.21. The summed E-state index contributed by atoms with van der Waals surface area (Å²) in [6.07, 6.45) is 13.9. The molecule has 174 valence electrons. The van der Waals surface area contributed by atoms with Crippen molar-refractivity contribution in [2.24, 2.45) is 17.8 Å². The van der Waals surface area contributed by atoms with Crippen molar-refractivity contribution in [3.8, 4) is 11.1 Å². The van der Waals surface area contributed by atoms with Gasteiger partial charge in [0, 0.05) is 5.56 Å². The molecule has 0 heterocycles. The summed E-state index contributed by atoms with van der Waals surface area (Å²) < 4.78 is 63.4. The fraction of sp³-hybridized carbons (Fsp3) is 0.571. The van der Waals surface area contributed by atoms with Crippen LogP contribution in [0.25, 0.3) is 11.1 Å². The maximum Gasteiger partial charge on any atom is 0.194 e. The minimum atomic E-state index is -1.70. The topological polar surface area (TPSA) is 0 Å². The Morgan fingerprint density at radius 2 is 1.47 bits per heavy atom. The number of hydrogen-bond acceptors (Lipinski definition) is 0. The summed E-state index contributed by atoms with van der Waals surface area (Å²) in [5, 5.41) is 0. The van der Waals surface area contributed by atoms with Crippen LogP contribution >= 0.6 is 0 Å². The second kappa shape index (κ2) is 10.4. The van der Waals surface area contributed by atoms with Gasteiger partial charge in [-0.15, -0.1) is 0 Å². The Kier molecular flexibility index (Phi) is 7.14. The van der Waals surface area contributed by atoms with E-state index in [1.165, 1.54) is 69.9 Å². The maximum absolute atomic E-state index is 14.9. The van der Waals surface area contributed by atoms with Crippen molar-refractivity contribution in [2.75, 3.05) is 0 Å². The molecule has 0 N–H and O–H groups in total. The Bertz CT molecular complexity index is 957. The number of rotatable bonds is 6. The fourth-order valence-electron chi connectivity index (χ4n) is 6.02. The summed E-state index contributed by atoms with van der Waals surface area (Å²) in [5.74, 6) is -2.53. The van der Waals surface area contributed by atoms with Crippen molar-refractivity contribution in [2.45, 2.75) is 83.5 Å². The monoisotopic (exact) mass is 447 g/mol. The Labute approximate surface area is 190 Å². The van der Waals surface area contributed by atoms with Crippen LogP contribution in [0.15, 0.2) is 30.3 Å². The molecular formula is C28H34F4. The van der Waals surface area contributed by atoms with Gasteiger partial charge in [-0.25, -0.2) is 17.6 Å². The molecule has 2 aromatic rings. The summed E-state index contributed by atoms with van der Waals surface area (Å²) in [7, 11) is 0. The van der Waals surface area contributed by atoms with Gasteiger partial charge in [-0.2, -0.15) is 0 Å². The van der Waals surface area contributed by atoms with Crippen LogP contribution in [-0.2, 0) is 0 Å². The molecule has 4 heteroatoms. The maximum atomic E-state index is 14.9. The van der Waals surface area contributed by atoms with Gasteiger partial charge >= 0.3 is 0 Å². The lowest BCUT2D eigenvalue weighted by Crippen LogP contribution is -2.25. The van der Waals surface area contributed by atoms with Crippen LogP contribution in [0.3, 0.4) is 0 Å². The minimum absolute atomic E-state index is 0.0740. The van der Waals surface area contributed by atoms with Crippen molar-refractivity contribution in [1.29, 1.82) is 0 Å². The molecule has 4 rings (SSSR count). The largest absolute Gasteiger partial charge is 0.206 e. The highest BCUT2D eigenvalue weighted by molar-refractivity contribution is 5.65. The van der Waals surface area contributed by atoms with Crippen LogP contribution in [0.5, 0.6) is 0 Å². The molecule has 2 fully saturated rings. The summed E-state index contributed by atoms with van der Waals surface area (Å²) in [6.45, 7) is 2.26. The predicted octanol–water partition coefficient (Wildman–Crippen LogP) is 9.18. The lowest BCUT2D eigenvalue weighted by atomic mass is 9.68. The van der Waals surface area contributed by atoms with Crippen LogP contribution in [0.2, 0.25) is 0 Å². The minimum Gasteiger partial charge on any atom is -0.206 e. The molecule has 32 heavy (non-hydrogen) atoms. The number of halogens is 4. The standard InChI is InChI=1S/C28H34F4/c1-2-3-4-18-5-7-19(8-6-18)20-9-11-21(12-10-20)22-13-14-24(25(29)15-22)23-16-26(30)28(32)27(31)17-23/h13-21H,2-12H2,1H3/i16D. The van der Waals surface area contributed by atoms with Crippen LogP contribution in [0, 0.1) is 41.0 Å². The van der Waals surface area contributed by atoms with E-state index in [-0.39, 0.29) is 17.0 Å². The molecule has 0 aliphatic heterocycles. The quantitative estimate of drug-likeness (QED) is 0.306. The van der Waals surface area contributed by atoms with Crippen LogP contribution in [0.4, 0.5) is 17.6 Å². The number of benzene rings is 2. The molecule has 0 unspecified atom stereocenters. The summed E-state index contributed by atoms with van der Waals surface area (Å²) in [6, 6.07) is 4.56. The van der Waals surface area contributed by atoms with Gasteiger partial charge in [0.15, 0.2) is 17.5 Å². The van der Waals surface area contributed by atoms with Gasteiger partial charge < -0.3 is 0 Å². The van der Waals surface area contributed by atoms with Crippen LogP contribution < -0.4 is 0 Å². The average molecular weight is 448 g/mol. The average Bonchev–Trinajstić information content (AvgIpc) is 2.84. The van der Waals surface area contributed by atoms with Gasteiger partial charge in [0.05, 0.1) is 1.37 Å². The molecule has 0 amide bonds. The Hall–Kier alpha value is -1.84. The predicted molar refractivity (Wildman–Crippen MR) is 121 cm³/mol. The van der Waals surface area contributed by atoms with Gasteiger partial charge in [-0.05, 0) is 91.5 Å². The van der Waals surface area contributed by atoms with E-state index in [1.54, 1.807) is 6.07 Å². The van der Waals surface area contributed by atoms with Crippen molar-refractivity contribution < 1.29 is 18.9 Å². The zero-order valence-corrected chi connectivity index (χ0v) is 18.9. The van der Waals surface area contributed by atoms with Gasteiger partial charge in [0.25, 0.3) is 0 Å². The molecule has 2 aliphatic rings. The van der Waals surface area contributed by atoms with Crippen molar-refractivity contribution in [1.82, 2.24) is 0 Å². The molecule has 0 bridgehead atoms. The molecular weight excluding hydrogens is 412 g/mol. The first-order valence-electron chi connectivity index (χ1n) is 12.8. The lowest BCUT2D eigenvalue weighted by molar-refractivity contribution is 0.156. The number of unbranched alkanes of at least 4 members (excludes halogenated alkanes) is 1. The second-order valence-electron chi connectivity index (χ2n) is 9.93. The molecule has 2 saturated carbocycles. The second-order valence-corrected chi connectivity index (χ2v) is 9.93. The Morgan fingerprint density at radius 1 is 0.812 bits per heavy atom. The molecule has 0 spiro atoms. The summed E-state index contributed by atoms with van der Waals surface area (Å²) in [4.78, 5) is 0. The van der Waals surface area contributed by atoms with Crippen molar-refractivity contribution in [3.63, 3.8) is 0 Å². The molecule has 0 nitrogen and oxygen atoms in total. The number of hydrogen-bond donors (Lipinski definition) is 0. The van der Waals surface area contributed by atoms with Crippen molar-refractivity contribution in [3.05, 3.63) is 59.1 Å². The van der Waals surface area contributed by atoms with E-state index in [9.17, 15) is 17.6 Å². The Balaban J connectivity index is 1.38. The Morgan fingerprint density at radius 3 is 2.09 bits per heavy atom. The molecule has 0 radical (unpaired) electrons. The van der Waals surface area contributed by atoms with E-state index in [4.69, 9.17) is 1.37 Å². The van der Waals surface area contributed by atoms with Gasteiger partial charge in [-0.1, -0.05) is 51.2 Å². The smallest absolute Gasteiger partial charge is 0.194 e. The van der Waals surface area contributed by atoms with E-state index in [0.29, 0.717) is 6.07 Å². The van der Waals surface area contributed by atoms with E-state index < -0.39 is 29.3 Å². The molecule has 2 aromatic carbocycles. The highest BCUT2D eigenvalue weighted by Crippen LogP contribution is 2.45. The SMILES string of the molecule is [2H]c1c(-c2ccc(C3CCC(C4CCC(CCCC)CC4)CC3)cc2F)cc(F)c(F)c1F. The van der Waals surface area contributed by atoms with Crippen LogP contribution in [-0.4, -0.2) is 0 Å². The van der Waals surface area contributed by atoms with Gasteiger partial charge in [0.1, 0.15) is 5.82 Å². The van der Waals surface area contributed by atoms with Gasteiger partial charge in [-0.3, -0.25) is 0 Å². The first-order valence-corrected chi connectivity index (χ1v) is 12.3. The van der Waals surface area contributed by atoms with E-state index in [1.807, 2.05) is 0 Å². The van der Waals surface area contributed by atoms with E-state index in [0.717, 1.165) is 36.2 Å². The third-order valence-corrected chi connectivity index (χ3v) is 7.97.